The first kappa shape index (κ1) is 18.3. The van der Waals surface area contributed by atoms with Crippen LogP contribution in [-0.4, -0.2) is 56.5 Å². The van der Waals surface area contributed by atoms with Gasteiger partial charge in [0.05, 0.1) is 49.0 Å². The van der Waals surface area contributed by atoms with E-state index in [-0.39, 0.29) is 30.0 Å². The monoisotopic (exact) mass is 410 g/mol. The third kappa shape index (κ3) is 3.44. The van der Waals surface area contributed by atoms with E-state index in [1.165, 1.54) is 7.11 Å². The van der Waals surface area contributed by atoms with E-state index < -0.39 is 15.9 Å². The van der Waals surface area contributed by atoms with Gasteiger partial charge in [0.15, 0.2) is 9.84 Å². The molecule has 1 aromatic carbocycles. The van der Waals surface area contributed by atoms with Crippen LogP contribution >= 0.6 is 11.6 Å². The van der Waals surface area contributed by atoms with Gasteiger partial charge in [0, 0.05) is 11.7 Å². The van der Waals surface area contributed by atoms with Crippen molar-refractivity contribution in [1.29, 1.82) is 0 Å². The van der Waals surface area contributed by atoms with Gasteiger partial charge < -0.3 is 14.1 Å². The van der Waals surface area contributed by atoms with Crippen LogP contribution in [0.1, 0.15) is 5.76 Å². The minimum Gasteiger partial charge on any atom is -0.495 e. The van der Waals surface area contributed by atoms with Gasteiger partial charge in [0.1, 0.15) is 11.5 Å². The van der Waals surface area contributed by atoms with Crippen LogP contribution in [0.5, 0.6) is 5.75 Å². The highest BCUT2D eigenvalue weighted by molar-refractivity contribution is 7.91. The van der Waals surface area contributed by atoms with Crippen LogP contribution in [0.25, 0.3) is 0 Å². The Bertz CT molecular complexity index is 960. The second-order valence-electron chi connectivity index (χ2n) is 6.78. The minimum atomic E-state index is -3.25. The number of rotatable bonds is 4. The van der Waals surface area contributed by atoms with Crippen molar-refractivity contribution in [2.24, 2.45) is 0 Å². The number of sulfone groups is 1. The summed E-state index contributed by atoms with van der Waals surface area (Å²) in [4.78, 5) is 16.4. The van der Waals surface area contributed by atoms with Gasteiger partial charge in [0.2, 0.25) is 5.91 Å². The van der Waals surface area contributed by atoms with Crippen molar-refractivity contribution < 1.29 is 22.4 Å². The van der Waals surface area contributed by atoms with E-state index in [1.54, 1.807) is 35.4 Å². The zero-order valence-electron chi connectivity index (χ0n) is 14.7. The van der Waals surface area contributed by atoms with Gasteiger partial charge in [-0.3, -0.25) is 9.69 Å². The van der Waals surface area contributed by atoms with Gasteiger partial charge in [-0.15, -0.1) is 0 Å². The van der Waals surface area contributed by atoms with Gasteiger partial charge >= 0.3 is 0 Å². The molecule has 144 valence electrons. The molecule has 1 aromatic heterocycles. The van der Waals surface area contributed by atoms with Crippen molar-refractivity contribution in [3.8, 4) is 5.75 Å². The molecule has 0 aliphatic carbocycles. The fourth-order valence-electron chi connectivity index (χ4n) is 3.87. The molecule has 0 saturated carbocycles. The first-order valence-corrected chi connectivity index (χ1v) is 10.7. The Morgan fingerprint density at radius 2 is 2.04 bits per heavy atom. The number of anilines is 1. The Kier molecular flexibility index (Phi) is 4.65. The predicted octanol–water partition coefficient (Wildman–Crippen LogP) is 1.96. The molecular weight excluding hydrogens is 392 g/mol. The number of ether oxygens (including phenoxy) is 1. The van der Waals surface area contributed by atoms with Crippen molar-refractivity contribution in [2.75, 3.05) is 30.1 Å². The van der Waals surface area contributed by atoms with Crippen LogP contribution in [0, 0.1) is 0 Å². The van der Waals surface area contributed by atoms with Crippen molar-refractivity contribution in [3.05, 3.63) is 47.4 Å². The number of furan rings is 1. The lowest BCUT2D eigenvalue weighted by molar-refractivity contribution is -0.123. The summed E-state index contributed by atoms with van der Waals surface area (Å²) in [5.41, 5.74) is 0.579. The van der Waals surface area contributed by atoms with Crippen molar-refractivity contribution >= 4 is 33.0 Å². The molecule has 0 unspecified atom stereocenters. The number of halogens is 1. The number of nitrogens with zero attached hydrogens (tertiary/aromatic N) is 2. The van der Waals surface area contributed by atoms with Crippen LogP contribution in [0.15, 0.2) is 41.0 Å². The lowest BCUT2D eigenvalue weighted by Gasteiger charge is -2.43. The zero-order chi connectivity index (χ0) is 19.2. The maximum atomic E-state index is 12.9. The molecule has 0 bridgehead atoms. The van der Waals surface area contributed by atoms with E-state index in [4.69, 9.17) is 20.8 Å². The summed E-state index contributed by atoms with van der Waals surface area (Å²) in [5.74, 6) is 0.987. The van der Waals surface area contributed by atoms with Gasteiger partial charge in [-0.1, -0.05) is 11.6 Å². The fraction of sp³-hybridized carbons (Fsp3) is 0.389. The molecule has 2 atom stereocenters. The number of fused-ring (bicyclic) bond motifs is 1. The summed E-state index contributed by atoms with van der Waals surface area (Å²) < 4.78 is 35.3. The van der Waals surface area contributed by atoms with Crippen LogP contribution in [0.4, 0.5) is 5.69 Å². The number of methoxy groups -OCH3 is 1. The first-order valence-electron chi connectivity index (χ1n) is 8.50. The van der Waals surface area contributed by atoms with E-state index in [0.717, 1.165) is 0 Å². The highest BCUT2D eigenvalue weighted by Gasteiger charge is 2.49. The summed E-state index contributed by atoms with van der Waals surface area (Å²) in [6.45, 7) is 0.508. The first-order chi connectivity index (χ1) is 12.9. The average molecular weight is 411 g/mol. The van der Waals surface area contributed by atoms with Gasteiger partial charge in [0.25, 0.3) is 0 Å². The molecule has 7 nitrogen and oxygen atoms in total. The van der Waals surface area contributed by atoms with Crippen LogP contribution < -0.4 is 9.64 Å². The summed E-state index contributed by atoms with van der Waals surface area (Å²) in [5, 5.41) is 0.373. The highest BCUT2D eigenvalue weighted by Crippen LogP contribution is 2.35. The fourth-order valence-corrected chi connectivity index (χ4v) is 6.11. The van der Waals surface area contributed by atoms with E-state index in [1.807, 2.05) is 11.0 Å². The lowest BCUT2D eigenvalue weighted by Crippen LogP contribution is -2.61. The molecule has 4 rings (SSSR count). The number of benzene rings is 1. The third-order valence-corrected chi connectivity index (χ3v) is 7.05. The Hall–Kier alpha value is -2.03. The number of hydrogen-bond acceptors (Lipinski definition) is 6. The minimum absolute atomic E-state index is 0.0199. The van der Waals surface area contributed by atoms with Gasteiger partial charge in [-0.25, -0.2) is 8.42 Å². The van der Waals surface area contributed by atoms with Crippen LogP contribution in [-0.2, 0) is 21.2 Å². The number of amides is 1. The SMILES string of the molecule is COc1ccc(N2C(=O)CN(Cc3ccco3)[C@@H]3CS(=O)(=O)C[C@H]32)cc1Cl. The zero-order valence-corrected chi connectivity index (χ0v) is 16.2. The second-order valence-corrected chi connectivity index (χ2v) is 9.34. The van der Waals surface area contributed by atoms with E-state index in [9.17, 15) is 13.2 Å². The molecule has 2 fully saturated rings. The number of piperazine rings is 1. The standard InChI is InChI=1S/C18H19ClN2O5S/c1-25-17-5-4-12(7-14(17)19)21-16-11-27(23,24)10-15(16)20(9-18(21)22)8-13-3-2-6-26-13/h2-7,15-16H,8-11H2,1H3/t15-,16-/m1/s1. The van der Waals surface area contributed by atoms with Crippen molar-refractivity contribution in [3.63, 3.8) is 0 Å². The predicted molar refractivity (Wildman–Crippen MR) is 101 cm³/mol. The van der Waals surface area contributed by atoms with Gasteiger partial charge in [-0.2, -0.15) is 0 Å². The summed E-state index contributed by atoms with van der Waals surface area (Å²) in [6, 6.07) is 7.89. The topological polar surface area (TPSA) is 80.1 Å². The van der Waals surface area contributed by atoms with Crippen LogP contribution in [0.3, 0.4) is 0 Å². The third-order valence-electron chi connectivity index (χ3n) is 5.05. The Morgan fingerprint density at radius 1 is 1.26 bits per heavy atom. The summed E-state index contributed by atoms with van der Waals surface area (Å²) >= 11 is 6.21. The molecule has 2 aliphatic heterocycles. The lowest BCUT2D eigenvalue weighted by atomic mass is 10.0. The molecule has 2 aliphatic rings. The molecule has 3 heterocycles. The number of carbonyl (C=O) groups is 1. The molecule has 0 radical (unpaired) electrons. The van der Waals surface area contributed by atoms with E-state index in [0.29, 0.717) is 28.8 Å². The molecule has 2 aromatic rings. The Balaban J connectivity index is 1.68. The normalized spacial score (nSPS) is 24.8. The molecular formula is C18H19ClN2O5S. The average Bonchev–Trinajstić information content (AvgIpc) is 3.21. The van der Waals surface area contributed by atoms with Gasteiger partial charge in [-0.05, 0) is 30.3 Å². The molecule has 0 N–H and O–H groups in total. The molecule has 27 heavy (non-hydrogen) atoms. The van der Waals surface area contributed by atoms with Crippen LogP contribution in [0.2, 0.25) is 5.02 Å². The number of carbonyl (C=O) groups excluding carboxylic acids is 1. The van der Waals surface area contributed by atoms with Crippen molar-refractivity contribution in [1.82, 2.24) is 4.90 Å². The number of hydrogen-bond donors (Lipinski definition) is 0. The molecule has 9 heteroatoms. The Labute approximate surface area is 162 Å². The van der Waals surface area contributed by atoms with Crippen molar-refractivity contribution in [2.45, 2.75) is 18.6 Å². The maximum Gasteiger partial charge on any atom is 0.241 e. The van der Waals surface area contributed by atoms with E-state index in [2.05, 4.69) is 0 Å². The molecule has 2 saturated heterocycles. The Morgan fingerprint density at radius 3 is 2.70 bits per heavy atom. The molecule has 1 amide bonds. The summed E-state index contributed by atoms with van der Waals surface area (Å²) in [6.07, 6.45) is 1.57. The largest absolute Gasteiger partial charge is 0.495 e. The van der Waals surface area contributed by atoms with E-state index >= 15 is 0 Å². The maximum absolute atomic E-state index is 12.9. The smallest absolute Gasteiger partial charge is 0.241 e. The quantitative estimate of drug-likeness (QED) is 0.766. The second kappa shape index (κ2) is 6.85. The highest BCUT2D eigenvalue weighted by atomic mass is 35.5. The summed E-state index contributed by atoms with van der Waals surface area (Å²) in [7, 11) is -1.74. The molecule has 0 spiro atoms.